The van der Waals surface area contributed by atoms with Crippen LogP contribution in [0, 0.1) is 0 Å². The lowest BCUT2D eigenvalue weighted by atomic mass is 10.1. The van der Waals surface area contributed by atoms with Crippen LogP contribution in [0.4, 0.5) is 0 Å². The Bertz CT molecular complexity index is 313. The zero-order chi connectivity index (χ0) is 12.0. The van der Waals surface area contributed by atoms with E-state index >= 15 is 0 Å². The van der Waals surface area contributed by atoms with Crippen LogP contribution in [0.25, 0.3) is 0 Å². The molecular formula is C13H18ClIO. The molecule has 0 saturated heterocycles. The average Bonchev–Trinajstić information content (AvgIpc) is 2.32. The van der Waals surface area contributed by atoms with Crippen LogP contribution < -0.4 is 0 Å². The van der Waals surface area contributed by atoms with Crippen molar-refractivity contribution in [3.05, 3.63) is 34.9 Å². The summed E-state index contributed by atoms with van der Waals surface area (Å²) in [5, 5.41) is 0.801. The number of hydrogen-bond donors (Lipinski definition) is 0. The molecule has 90 valence electrons. The Morgan fingerprint density at radius 1 is 1.25 bits per heavy atom. The Morgan fingerprint density at radius 2 is 1.88 bits per heavy atom. The molecule has 0 aliphatic rings. The predicted octanol–water partition coefficient (Wildman–Crippen LogP) is 5.02. The van der Waals surface area contributed by atoms with Gasteiger partial charge in [0.05, 0.1) is 12.2 Å². The van der Waals surface area contributed by atoms with Crippen molar-refractivity contribution in [2.45, 2.75) is 38.9 Å². The Kier molecular flexibility index (Phi) is 6.70. The van der Waals surface area contributed by atoms with Gasteiger partial charge in [-0.05, 0) is 18.9 Å². The zero-order valence-corrected chi connectivity index (χ0v) is 12.7. The highest BCUT2D eigenvalue weighted by Crippen LogP contribution is 2.29. The lowest BCUT2D eigenvalue weighted by Crippen LogP contribution is -2.16. The lowest BCUT2D eigenvalue weighted by Gasteiger charge is -2.23. The van der Waals surface area contributed by atoms with E-state index in [4.69, 9.17) is 16.3 Å². The molecule has 0 fully saturated rings. The minimum Gasteiger partial charge on any atom is -0.369 e. The molecule has 1 aromatic carbocycles. The molecule has 0 amide bonds. The van der Waals surface area contributed by atoms with Gasteiger partial charge in [-0.15, -0.1) is 0 Å². The van der Waals surface area contributed by atoms with Gasteiger partial charge in [0.1, 0.15) is 0 Å². The second-order valence-corrected chi connectivity index (χ2v) is 5.03. The van der Waals surface area contributed by atoms with Gasteiger partial charge in [0.15, 0.2) is 0 Å². The van der Waals surface area contributed by atoms with Crippen molar-refractivity contribution >= 4 is 34.2 Å². The third-order valence-electron chi connectivity index (χ3n) is 2.66. The van der Waals surface area contributed by atoms with Gasteiger partial charge in [-0.25, -0.2) is 0 Å². The fourth-order valence-electron chi connectivity index (χ4n) is 1.64. The SMILES string of the molecule is CCC(CC)OC(CI)c1ccccc1Cl. The standard InChI is InChI=1S/C13H18ClIO/c1-3-10(4-2)16-13(9-15)11-7-5-6-8-12(11)14/h5-8,10,13H,3-4,9H2,1-2H3. The van der Waals surface area contributed by atoms with E-state index in [1.807, 2.05) is 24.3 Å². The van der Waals surface area contributed by atoms with Crippen LogP contribution in [0.5, 0.6) is 0 Å². The second kappa shape index (κ2) is 7.51. The summed E-state index contributed by atoms with van der Waals surface area (Å²) in [5.41, 5.74) is 1.10. The quantitative estimate of drug-likeness (QED) is 0.516. The topological polar surface area (TPSA) is 9.23 Å². The number of alkyl halides is 1. The van der Waals surface area contributed by atoms with E-state index < -0.39 is 0 Å². The summed E-state index contributed by atoms with van der Waals surface area (Å²) in [4.78, 5) is 0. The fourth-order valence-corrected chi connectivity index (χ4v) is 2.58. The number of halogens is 2. The monoisotopic (exact) mass is 352 g/mol. The first-order valence-corrected chi connectivity index (χ1v) is 7.59. The first-order valence-electron chi connectivity index (χ1n) is 5.68. The molecule has 0 aromatic heterocycles. The Hall–Kier alpha value is 0.200. The van der Waals surface area contributed by atoms with Crippen LogP contribution in [0.2, 0.25) is 5.02 Å². The number of rotatable bonds is 6. The van der Waals surface area contributed by atoms with Crippen molar-refractivity contribution in [3.63, 3.8) is 0 Å². The van der Waals surface area contributed by atoms with E-state index in [-0.39, 0.29) is 6.10 Å². The highest BCUT2D eigenvalue weighted by atomic mass is 127. The molecule has 0 heterocycles. The Balaban J connectivity index is 2.78. The van der Waals surface area contributed by atoms with Gasteiger partial charge >= 0.3 is 0 Å². The molecule has 0 aliphatic heterocycles. The van der Waals surface area contributed by atoms with E-state index in [0.717, 1.165) is 27.9 Å². The molecule has 0 radical (unpaired) electrons. The van der Waals surface area contributed by atoms with Crippen LogP contribution in [-0.4, -0.2) is 10.5 Å². The summed E-state index contributed by atoms with van der Waals surface area (Å²) in [6.45, 7) is 4.32. The van der Waals surface area contributed by atoms with Crippen molar-refractivity contribution < 1.29 is 4.74 Å². The molecule has 0 spiro atoms. The minimum atomic E-state index is 0.110. The lowest BCUT2D eigenvalue weighted by molar-refractivity contribution is -0.00300. The molecule has 0 saturated carbocycles. The van der Waals surface area contributed by atoms with Crippen molar-refractivity contribution in [2.24, 2.45) is 0 Å². The van der Waals surface area contributed by atoms with Crippen LogP contribution in [-0.2, 0) is 4.74 Å². The summed E-state index contributed by atoms with van der Waals surface area (Å²) in [7, 11) is 0. The van der Waals surface area contributed by atoms with E-state index in [1.165, 1.54) is 0 Å². The highest BCUT2D eigenvalue weighted by molar-refractivity contribution is 14.1. The van der Waals surface area contributed by atoms with Gasteiger partial charge in [-0.1, -0.05) is 66.2 Å². The van der Waals surface area contributed by atoms with Crippen molar-refractivity contribution in [1.82, 2.24) is 0 Å². The molecule has 16 heavy (non-hydrogen) atoms. The van der Waals surface area contributed by atoms with Gasteiger partial charge in [-0.2, -0.15) is 0 Å². The molecule has 1 unspecified atom stereocenters. The maximum Gasteiger partial charge on any atom is 0.0932 e. The van der Waals surface area contributed by atoms with Crippen LogP contribution >= 0.6 is 34.2 Å². The first kappa shape index (κ1) is 14.3. The summed E-state index contributed by atoms with van der Waals surface area (Å²) >= 11 is 8.54. The Labute approximate surface area is 117 Å². The van der Waals surface area contributed by atoms with Gasteiger partial charge in [0.2, 0.25) is 0 Å². The predicted molar refractivity (Wildman–Crippen MR) is 78.5 cm³/mol. The second-order valence-electron chi connectivity index (χ2n) is 3.74. The van der Waals surface area contributed by atoms with Crippen molar-refractivity contribution in [3.8, 4) is 0 Å². The molecule has 0 aliphatic carbocycles. The summed E-state index contributed by atoms with van der Waals surface area (Å²) in [5.74, 6) is 0. The highest BCUT2D eigenvalue weighted by Gasteiger charge is 2.17. The van der Waals surface area contributed by atoms with Crippen LogP contribution in [0.3, 0.4) is 0 Å². The molecule has 0 N–H and O–H groups in total. The smallest absolute Gasteiger partial charge is 0.0932 e. The molecule has 3 heteroatoms. The van der Waals surface area contributed by atoms with E-state index in [0.29, 0.717) is 6.10 Å². The molecular weight excluding hydrogens is 334 g/mol. The average molecular weight is 353 g/mol. The number of hydrogen-bond acceptors (Lipinski definition) is 1. The number of benzene rings is 1. The van der Waals surface area contributed by atoms with Crippen molar-refractivity contribution in [2.75, 3.05) is 4.43 Å². The van der Waals surface area contributed by atoms with Crippen LogP contribution in [0.15, 0.2) is 24.3 Å². The third-order valence-corrected chi connectivity index (χ3v) is 3.80. The van der Waals surface area contributed by atoms with Gasteiger partial charge in [0, 0.05) is 15.0 Å². The maximum absolute atomic E-state index is 6.18. The van der Waals surface area contributed by atoms with Gasteiger partial charge < -0.3 is 4.74 Å². The first-order chi connectivity index (χ1) is 7.72. The molecule has 1 aromatic rings. The molecule has 1 atom stereocenters. The third kappa shape index (κ3) is 3.90. The Morgan fingerprint density at radius 3 is 2.38 bits per heavy atom. The van der Waals surface area contributed by atoms with E-state index in [9.17, 15) is 0 Å². The minimum absolute atomic E-state index is 0.110. The normalized spacial score (nSPS) is 13.1. The summed E-state index contributed by atoms with van der Waals surface area (Å²) < 4.78 is 7.00. The molecule has 1 rings (SSSR count). The largest absolute Gasteiger partial charge is 0.369 e. The number of ether oxygens (including phenoxy) is 1. The zero-order valence-electron chi connectivity index (χ0n) is 9.75. The van der Waals surface area contributed by atoms with Crippen molar-refractivity contribution in [1.29, 1.82) is 0 Å². The maximum atomic E-state index is 6.18. The van der Waals surface area contributed by atoms with E-state index in [1.54, 1.807) is 0 Å². The van der Waals surface area contributed by atoms with Gasteiger partial charge in [-0.3, -0.25) is 0 Å². The molecule has 1 nitrogen and oxygen atoms in total. The van der Waals surface area contributed by atoms with E-state index in [2.05, 4.69) is 36.4 Å². The summed E-state index contributed by atoms with van der Waals surface area (Å²) in [6, 6.07) is 7.93. The summed E-state index contributed by atoms with van der Waals surface area (Å²) in [6.07, 6.45) is 2.54. The fraction of sp³-hybridized carbons (Fsp3) is 0.538. The van der Waals surface area contributed by atoms with Gasteiger partial charge in [0.25, 0.3) is 0 Å². The molecule has 0 bridgehead atoms. The van der Waals surface area contributed by atoms with Crippen LogP contribution in [0.1, 0.15) is 38.4 Å².